The molecule has 1 saturated heterocycles. The molecule has 162 valence electrons. The molecule has 0 N–H and O–H groups in total. The average Bonchev–Trinajstić information content (AvgIpc) is 3.43. The molecule has 1 aliphatic heterocycles. The summed E-state index contributed by atoms with van der Waals surface area (Å²) >= 11 is 0. The number of nitrogens with zero attached hydrogens (tertiary/aromatic N) is 4. The summed E-state index contributed by atoms with van der Waals surface area (Å²) in [6, 6.07) is 6.48. The van der Waals surface area contributed by atoms with Crippen LogP contribution in [0.5, 0.6) is 0 Å². The van der Waals surface area contributed by atoms with Crippen molar-refractivity contribution in [2.45, 2.75) is 58.1 Å². The van der Waals surface area contributed by atoms with Crippen LogP contribution >= 0.6 is 0 Å². The Kier molecular flexibility index (Phi) is 6.49. The number of morpholine rings is 1. The number of hydrogen-bond acceptors (Lipinski definition) is 6. The fraction of sp³-hybridized carbons (Fsp3) is 0.609. The Labute approximate surface area is 178 Å². The molecular weight excluding hydrogens is 380 g/mol. The summed E-state index contributed by atoms with van der Waals surface area (Å²) in [7, 11) is 2.07. The van der Waals surface area contributed by atoms with E-state index < -0.39 is 0 Å². The van der Waals surface area contributed by atoms with Crippen LogP contribution in [0.4, 0.5) is 0 Å². The fourth-order valence-corrected chi connectivity index (χ4v) is 4.60. The van der Waals surface area contributed by atoms with E-state index >= 15 is 0 Å². The van der Waals surface area contributed by atoms with E-state index in [0.29, 0.717) is 32.3 Å². The van der Waals surface area contributed by atoms with Gasteiger partial charge in [-0.3, -0.25) is 9.69 Å². The topological polar surface area (TPSA) is 71.7 Å². The van der Waals surface area contributed by atoms with Gasteiger partial charge in [-0.05, 0) is 38.9 Å². The zero-order chi connectivity index (χ0) is 21.1. The minimum Gasteiger partial charge on any atom is -0.368 e. The van der Waals surface area contributed by atoms with Crippen molar-refractivity contribution in [1.82, 2.24) is 19.9 Å². The molecule has 2 aromatic rings. The first-order chi connectivity index (χ1) is 14.6. The van der Waals surface area contributed by atoms with Gasteiger partial charge in [0.05, 0.1) is 42.3 Å². The standard InChI is InChI=1S/C23H32N4O3/c1-4-20-23(16(2)25-30-20)19-11-7-10-18(24-19)21-14-27(12-13-29-21)22(28)15-26(3)17-8-5-6-9-17/h7,10-11,17,21H,4-6,8-9,12-15H2,1-3H3/t21-/m0/s1. The molecule has 1 atom stereocenters. The number of hydrogen-bond donors (Lipinski definition) is 0. The van der Waals surface area contributed by atoms with Gasteiger partial charge in [0, 0.05) is 19.0 Å². The van der Waals surface area contributed by atoms with Gasteiger partial charge in [0.2, 0.25) is 5.91 Å². The lowest BCUT2D eigenvalue weighted by molar-refractivity contribution is -0.140. The molecule has 1 amide bonds. The van der Waals surface area contributed by atoms with E-state index in [4.69, 9.17) is 14.2 Å². The number of ether oxygens (including phenoxy) is 1. The van der Waals surface area contributed by atoms with Gasteiger partial charge in [0.15, 0.2) is 0 Å². The zero-order valence-electron chi connectivity index (χ0n) is 18.3. The number of amides is 1. The predicted octanol–water partition coefficient (Wildman–Crippen LogP) is 3.38. The summed E-state index contributed by atoms with van der Waals surface area (Å²) < 4.78 is 11.4. The van der Waals surface area contributed by atoms with Crippen molar-refractivity contribution in [2.24, 2.45) is 0 Å². The molecule has 3 heterocycles. The number of likely N-dealkylation sites (N-methyl/N-ethyl adjacent to an activating group) is 1. The van der Waals surface area contributed by atoms with E-state index in [9.17, 15) is 4.79 Å². The zero-order valence-corrected chi connectivity index (χ0v) is 18.3. The molecule has 1 saturated carbocycles. The van der Waals surface area contributed by atoms with Crippen LogP contribution in [0.25, 0.3) is 11.3 Å². The lowest BCUT2D eigenvalue weighted by Gasteiger charge is -2.34. The highest BCUT2D eigenvalue weighted by atomic mass is 16.5. The van der Waals surface area contributed by atoms with Crippen LogP contribution in [0.2, 0.25) is 0 Å². The van der Waals surface area contributed by atoms with Crippen LogP contribution in [0.3, 0.4) is 0 Å². The maximum atomic E-state index is 12.9. The van der Waals surface area contributed by atoms with Crippen molar-refractivity contribution in [3.05, 3.63) is 35.3 Å². The molecule has 2 aromatic heterocycles. The van der Waals surface area contributed by atoms with Gasteiger partial charge in [0.1, 0.15) is 11.9 Å². The Morgan fingerprint density at radius 2 is 2.10 bits per heavy atom. The van der Waals surface area contributed by atoms with Crippen LogP contribution in [0.1, 0.15) is 55.9 Å². The second-order valence-electron chi connectivity index (χ2n) is 8.42. The number of aromatic nitrogens is 2. The van der Waals surface area contributed by atoms with E-state index in [1.165, 1.54) is 25.7 Å². The first-order valence-corrected chi connectivity index (χ1v) is 11.1. The van der Waals surface area contributed by atoms with Gasteiger partial charge in [-0.1, -0.05) is 31.0 Å². The van der Waals surface area contributed by atoms with Crippen LogP contribution in [0, 0.1) is 6.92 Å². The van der Waals surface area contributed by atoms with Crippen LogP contribution in [-0.2, 0) is 16.0 Å². The molecule has 7 heteroatoms. The third-order valence-electron chi connectivity index (χ3n) is 6.36. The second kappa shape index (κ2) is 9.27. The quantitative estimate of drug-likeness (QED) is 0.724. The predicted molar refractivity (Wildman–Crippen MR) is 114 cm³/mol. The van der Waals surface area contributed by atoms with E-state index in [-0.39, 0.29) is 12.0 Å². The molecule has 0 unspecified atom stereocenters. The van der Waals surface area contributed by atoms with Gasteiger partial charge in [0.25, 0.3) is 0 Å². The smallest absolute Gasteiger partial charge is 0.236 e. The van der Waals surface area contributed by atoms with Crippen LogP contribution in [-0.4, -0.2) is 65.2 Å². The average molecular weight is 413 g/mol. The van der Waals surface area contributed by atoms with E-state index in [2.05, 4.69) is 17.1 Å². The Morgan fingerprint density at radius 1 is 1.30 bits per heavy atom. The molecule has 0 radical (unpaired) electrons. The lowest BCUT2D eigenvalue weighted by atomic mass is 10.1. The summed E-state index contributed by atoms with van der Waals surface area (Å²) in [5.74, 6) is 1.02. The normalized spacial score (nSPS) is 20.3. The number of carbonyl (C=O) groups is 1. The molecule has 0 aromatic carbocycles. The monoisotopic (exact) mass is 412 g/mol. The summed E-state index contributed by atoms with van der Waals surface area (Å²) in [4.78, 5) is 21.9. The molecule has 4 rings (SSSR count). The Hall–Kier alpha value is -2.25. The molecule has 2 fully saturated rings. The Bertz CT molecular complexity index is 875. The highest BCUT2D eigenvalue weighted by molar-refractivity contribution is 5.78. The Balaban J connectivity index is 1.45. The van der Waals surface area contributed by atoms with Crippen LogP contribution in [0.15, 0.2) is 22.7 Å². The molecular formula is C23H32N4O3. The minimum atomic E-state index is -0.218. The molecule has 0 spiro atoms. The third kappa shape index (κ3) is 4.42. The minimum absolute atomic E-state index is 0.178. The molecule has 2 aliphatic rings. The Morgan fingerprint density at radius 3 is 2.87 bits per heavy atom. The summed E-state index contributed by atoms with van der Waals surface area (Å²) in [6.07, 6.45) is 5.50. The van der Waals surface area contributed by atoms with Gasteiger partial charge >= 0.3 is 0 Å². The number of aryl methyl sites for hydroxylation is 2. The highest BCUT2D eigenvalue weighted by Gasteiger charge is 2.29. The largest absolute Gasteiger partial charge is 0.368 e. The number of pyridine rings is 1. The second-order valence-corrected chi connectivity index (χ2v) is 8.42. The first kappa shape index (κ1) is 21.0. The number of rotatable bonds is 6. The molecule has 7 nitrogen and oxygen atoms in total. The van der Waals surface area contributed by atoms with Gasteiger partial charge < -0.3 is 14.2 Å². The van der Waals surface area contributed by atoms with Crippen LogP contribution < -0.4 is 0 Å². The van der Waals surface area contributed by atoms with E-state index in [0.717, 1.165) is 34.8 Å². The maximum absolute atomic E-state index is 12.9. The summed E-state index contributed by atoms with van der Waals surface area (Å²) in [5, 5.41) is 4.10. The first-order valence-electron chi connectivity index (χ1n) is 11.1. The fourth-order valence-electron chi connectivity index (χ4n) is 4.60. The van der Waals surface area contributed by atoms with E-state index in [1.54, 1.807) is 0 Å². The lowest BCUT2D eigenvalue weighted by Crippen LogP contribution is -2.47. The van der Waals surface area contributed by atoms with Crippen molar-refractivity contribution in [1.29, 1.82) is 0 Å². The van der Waals surface area contributed by atoms with Crippen molar-refractivity contribution in [3.63, 3.8) is 0 Å². The van der Waals surface area contributed by atoms with Gasteiger partial charge in [-0.15, -0.1) is 0 Å². The summed E-state index contributed by atoms with van der Waals surface area (Å²) in [6.45, 7) is 6.16. The highest BCUT2D eigenvalue weighted by Crippen LogP contribution is 2.29. The van der Waals surface area contributed by atoms with Crippen molar-refractivity contribution >= 4 is 5.91 Å². The van der Waals surface area contributed by atoms with Crippen molar-refractivity contribution in [2.75, 3.05) is 33.3 Å². The number of carbonyl (C=O) groups excluding carboxylic acids is 1. The van der Waals surface area contributed by atoms with Crippen molar-refractivity contribution < 1.29 is 14.1 Å². The summed E-state index contributed by atoms with van der Waals surface area (Å²) in [5.41, 5.74) is 3.49. The van der Waals surface area contributed by atoms with Gasteiger partial charge in [-0.25, -0.2) is 4.98 Å². The van der Waals surface area contributed by atoms with Gasteiger partial charge in [-0.2, -0.15) is 0 Å². The van der Waals surface area contributed by atoms with Crippen molar-refractivity contribution in [3.8, 4) is 11.3 Å². The third-order valence-corrected chi connectivity index (χ3v) is 6.36. The molecule has 0 bridgehead atoms. The SMILES string of the molecule is CCc1onc(C)c1-c1cccc([C@@H]2CN(C(=O)CN(C)C3CCCC3)CCO2)n1. The van der Waals surface area contributed by atoms with E-state index in [1.807, 2.05) is 36.9 Å². The molecule has 30 heavy (non-hydrogen) atoms. The molecule has 1 aliphatic carbocycles. The maximum Gasteiger partial charge on any atom is 0.236 e.